The lowest BCUT2D eigenvalue weighted by molar-refractivity contribution is 0.246. The Bertz CT molecular complexity index is 1280. The van der Waals surface area contributed by atoms with Gasteiger partial charge in [-0.25, -0.2) is 14.5 Å². The minimum Gasteiger partial charge on any atom is -0.348 e. The van der Waals surface area contributed by atoms with Crippen LogP contribution in [0.25, 0.3) is 5.69 Å². The van der Waals surface area contributed by atoms with Crippen molar-refractivity contribution >= 4 is 11.8 Å². The molecule has 3 N–H and O–H groups in total. The van der Waals surface area contributed by atoms with Gasteiger partial charge in [0.15, 0.2) is 0 Å². The average Bonchev–Trinajstić information content (AvgIpc) is 3.67. The van der Waals surface area contributed by atoms with Gasteiger partial charge < -0.3 is 10.3 Å². The molecular formula is C27H29N7O. The molecule has 1 fully saturated rings. The van der Waals surface area contributed by atoms with Gasteiger partial charge in [0.25, 0.3) is 0 Å². The second-order valence-electron chi connectivity index (χ2n) is 9.33. The van der Waals surface area contributed by atoms with Crippen LogP contribution in [0.2, 0.25) is 0 Å². The molecule has 0 unspecified atom stereocenters. The molecule has 2 aromatic heterocycles. The van der Waals surface area contributed by atoms with E-state index < -0.39 is 0 Å². The predicted molar refractivity (Wildman–Crippen MR) is 135 cm³/mol. The zero-order valence-electron chi connectivity index (χ0n) is 19.5. The van der Waals surface area contributed by atoms with E-state index in [-0.39, 0.29) is 18.0 Å². The largest absolute Gasteiger partial charge is 0.348 e. The summed E-state index contributed by atoms with van der Waals surface area (Å²) in [6.45, 7) is 2.33. The average molecular weight is 468 g/mol. The molecular weight excluding hydrogens is 438 g/mol. The third kappa shape index (κ3) is 4.44. The third-order valence-corrected chi connectivity index (χ3v) is 7.01. The molecule has 6 rings (SSSR count). The van der Waals surface area contributed by atoms with Crippen molar-refractivity contribution in [1.82, 2.24) is 30.0 Å². The Balaban J connectivity index is 1.22. The number of anilines is 1. The van der Waals surface area contributed by atoms with Crippen LogP contribution < -0.4 is 10.6 Å². The zero-order valence-corrected chi connectivity index (χ0v) is 19.5. The van der Waals surface area contributed by atoms with Crippen LogP contribution in [0, 0.1) is 0 Å². The molecule has 0 radical (unpaired) electrons. The first kappa shape index (κ1) is 21.6. The molecule has 8 heteroatoms. The molecule has 1 aliphatic heterocycles. The molecule has 0 spiro atoms. The maximum Gasteiger partial charge on any atom is 0.320 e. The van der Waals surface area contributed by atoms with Gasteiger partial charge >= 0.3 is 6.03 Å². The molecule has 2 amide bonds. The van der Waals surface area contributed by atoms with Crippen molar-refractivity contribution in [2.75, 3.05) is 18.4 Å². The minimum absolute atomic E-state index is 0.0199. The number of amides is 2. The highest BCUT2D eigenvalue weighted by molar-refractivity contribution is 5.90. The van der Waals surface area contributed by atoms with Gasteiger partial charge in [0, 0.05) is 37.0 Å². The number of nitrogens with one attached hydrogen (secondary N) is 3. The van der Waals surface area contributed by atoms with E-state index in [4.69, 9.17) is 5.10 Å². The standard InChI is InChI=1S/C27H29N7O/c35-27(31-26-21-12-7-13-23(21)32-34(26)20-10-5-2-6-11-20)30-24-17-33(18-25-28-14-15-29-25)16-22(24)19-8-3-1-4-9-19/h1-6,8-11,14-15,22,24H,7,12-13,16-18H2,(H,28,29)(H2,30,31,35)/t22-,24+/m1/s1. The van der Waals surface area contributed by atoms with Gasteiger partial charge in [-0.05, 0) is 37.0 Å². The lowest BCUT2D eigenvalue weighted by Gasteiger charge is -2.21. The number of carbonyl (C=O) groups is 1. The summed E-state index contributed by atoms with van der Waals surface area (Å²) in [5.41, 5.74) is 4.41. The molecule has 1 aliphatic carbocycles. The molecule has 8 nitrogen and oxygen atoms in total. The predicted octanol–water partition coefficient (Wildman–Crippen LogP) is 3.87. The number of hydrogen-bond donors (Lipinski definition) is 3. The fourth-order valence-corrected chi connectivity index (χ4v) is 5.38. The lowest BCUT2D eigenvalue weighted by atomic mass is 9.94. The summed E-state index contributed by atoms with van der Waals surface area (Å²) in [7, 11) is 0. The molecule has 178 valence electrons. The van der Waals surface area contributed by atoms with E-state index in [1.165, 1.54) is 5.56 Å². The number of para-hydroxylation sites is 1. The summed E-state index contributed by atoms with van der Waals surface area (Å²) >= 11 is 0. The molecule has 0 saturated carbocycles. The number of fused-ring (bicyclic) bond motifs is 1. The summed E-state index contributed by atoms with van der Waals surface area (Å²) < 4.78 is 1.87. The fourth-order valence-electron chi connectivity index (χ4n) is 5.38. The van der Waals surface area contributed by atoms with Gasteiger partial charge in [-0.2, -0.15) is 5.10 Å². The number of aromatic nitrogens is 4. The van der Waals surface area contributed by atoms with Crippen LogP contribution in [0.15, 0.2) is 73.1 Å². The molecule has 2 aliphatic rings. The van der Waals surface area contributed by atoms with Gasteiger partial charge in [-0.1, -0.05) is 48.5 Å². The number of aromatic amines is 1. The Morgan fingerprint density at radius 2 is 1.83 bits per heavy atom. The molecule has 1 saturated heterocycles. The van der Waals surface area contributed by atoms with Crippen molar-refractivity contribution in [3.05, 3.63) is 95.7 Å². The van der Waals surface area contributed by atoms with E-state index >= 15 is 0 Å². The number of H-pyrrole nitrogens is 1. The summed E-state index contributed by atoms with van der Waals surface area (Å²) in [4.78, 5) is 23.3. The molecule has 0 bridgehead atoms. The number of urea groups is 1. The van der Waals surface area contributed by atoms with E-state index in [9.17, 15) is 4.79 Å². The first-order valence-electron chi connectivity index (χ1n) is 12.2. The zero-order chi connectivity index (χ0) is 23.6. The Morgan fingerprint density at radius 1 is 1.03 bits per heavy atom. The number of carbonyl (C=O) groups excluding carboxylic acids is 1. The van der Waals surface area contributed by atoms with E-state index in [0.717, 1.165) is 67.5 Å². The molecule has 2 aromatic carbocycles. The van der Waals surface area contributed by atoms with E-state index in [2.05, 4.69) is 49.8 Å². The van der Waals surface area contributed by atoms with Gasteiger partial charge in [-0.3, -0.25) is 10.2 Å². The highest BCUT2D eigenvalue weighted by Crippen LogP contribution is 2.32. The van der Waals surface area contributed by atoms with Gasteiger partial charge in [0.05, 0.1) is 24.0 Å². The first-order valence-corrected chi connectivity index (χ1v) is 12.2. The number of imidazole rings is 1. The van der Waals surface area contributed by atoms with Crippen LogP contribution in [-0.2, 0) is 19.4 Å². The van der Waals surface area contributed by atoms with Crippen molar-refractivity contribution < 1.29 is 4.79 Å². The van der Waals surface area contributed by atoms with Crippen molar-refractivity contribution in [2.45, 2.75) is 37.8 Å². The summed E-state index contributed by atoms with van der Waals surface area (Å²) in [5, 5.41) is 11.3. The van der Waals surface area contributed by atoms with Crippen LogP contribution in [0.4, 0.5) is 10.6 Å². The highest BCUT2D eigenvalue weighted by Gasteiger charge is 2.35. The highest BCUT2D eigenvalue weighted by atomic mass is 16.2. The molecule has 35 heavy (non-hydrogen) atoms. The normalized spacial score (nSPS) is 19.5. The number of aryl methyl sites for hydroxylation is 1. The Morgan fingerprint density at radius 3 is 2.60 bits per heavy atom. The van der Waals surface area contributed by atoms with Crippen LogP contribution in [-0.4, -0.2) is 49.8 Å². The molecule has 2 atom stereocenters. The van der Waals surface area contributed by atoms with Crippen LogP contribution >= 0.6 is 0 Å². The second kappa shape index (κ2) is 9.38. The van der Waals surface area contributed by atoms with E-state index in [0.29, 0.717) is 0 Å². The lowest BCUT2D eigenvalue weighted by Crippen LogP contribution is -2.42. The number of benzene rings is 2. The first-order chi connectivity index (χ1) is 17.2. The van der Waals surface area contributed by atoms with Crippen molar-refractivity contribution in [2.24, 2.45) is 0 Å². The minimum atomic E-state index is -0.192. The Kier molecular flexibility index (Phi) is 5.79. The number of hydrogen-bond acceptors (Lipinski definition) is 4. The summed E-state index contributed by atoms with van der Waals surface area (Å²) in [6, 6.07) is 20.2. The number of rotatable bonds is 6. The number of nitrogens with zero attached hydrogens (tertiary/aromatic N) is 4. The smallest absolute Gasteiger partial charge is 0.320 e. The topological polar surface area (TPSA) is 90.9 Å². The second-order valence-corrected chi connectivity index (χ2v) is 9.33. The quantitative estimate of drug-likeness (QED) is 0.401. The maximum atomic E-state index is 13.3. The monoisotopic (exact) mass is 467 g/mol. The van der Waals surface area contributed by atoms with Crippen molar-refractivity contribution in [1.29, 1.82) is 0 Å². The van der Waals surface area contributed by atoms with Crippen molar-refractivity contribution in [3.8, 4) is 5.69 Å². The summed E-state index contributed by atoms with van der Waals surface area (Å²) in [6.07, 6.45) is 6.58. The van der Waals surface area contributed by atoms with Gasteiger partial charge in [-0.15, -0.1) is 0 Å². The van der Waals surface area contributed by atoms with Crippen LogP contribution in [0.1, 0.15) is 35.0 Å². The maximum absolute atomic E-state index is 13.3. The van der Waals surface area contributed by atoms with Gasteiger partial charge in [0.2, 0.25) is 0 Å². The van der Waals surface area contributed by atoms with Crippen LogP contribution in [0.3, 0.4) is 0 Å². The van der Waals surface area contributed by atoms with Crippen molar-refractivity contribution in [3.63, 3.8) is 0 Å². The third-order valence-electron chi connectivity index (χ3n) is 7.01. The van der Waals surface area contributed by atoms with Crippen LogP contribution in [0.5, 0.6) is 0 Å². The number of likely N-dealkylation sites (tertiary alicyclic amines) is 1. The van der Waals surface area contributed by atoms with Gasteiger partial charge in [0.1, 0.15) is 11.6 Å². The molecule has 4 aromatic rings. The van der Waals surface area contributed by atoms with E-state index in [1.807, 2.05) is 47.3 Å². The summed E-state index contributed by atoms with van der Waals surface area (Å²) in [5.74, 6) is 1.91. The van der Waals surface area contributed by atoms with E-state index in [1.54, 1.807) is 6.20 Å². The molecule has 3 heterocycles. The Labute approximate surface area is 204 Å². The Hall–Kier alpha value is -3.91. The SMILES string of the molecule is O=C(Nc1c2c(nn1-c1ccccc1)CCC2)N[C@H]1CN(Cc2ncc[nH]2)C[C@@H]1c1ccccc1. The fraction of sp³-hybridized carbons (Fsp3) is 0.296.